The van der Waals surface area contributed by atoms with E-state index in [4.69, 9.17) is 5.73 Å². The number of carbonyl (C=O) groups is 2. The Hall–Kier alpha value is -1.10. The third kappa shape index (κ3) is 8.06. The number of hydrogen-bond donors (Lipinski definition) is 3. The third-order valence-corrected chi connectivity index (χ3v) is 2.95. The van der Waals surface area contributed by atoms with E-state index in [0.717, 1.165) is 32.1 Å². The van der Waals surface area contributed by atoms with Crippen LogP contribution < -0.4 is 16.4 Å². The molecule has 18 heavy (non-hydrogen) atoms. The van der Waals surface area contributed by atoms with Crippen LogP contribution in [0.3, 0.4) is 0 Å². The fourth-order valence-electron chi connectivity index (χ4n) is 1.70. The van der Waals surface area contributed by atoms with Gasteiger partial charge in [-0.05, 0) is 38.6 Å². The van der Waals surface area contributed by atoms with Crippen molar-refractivity contribution in [3.8, 4) is 0 Å². The normalized spacial score (nSPS) is 14.3. The number of amides is 2. The first-order valence-corrected chi connectivity index (χ1v) is 6.98. The molecule has 5 heteroatoms. The maximum Gasteiger partial charge on any atom is 0.220 e. The van der Waals surface area contributed by atoms with Gasteiger partial charge in [-0.3, -0.25) is 9.59 Å². The van der Waals surface area contributed by atoms with Crippen molar-refractivity contribution in [2.45, 2.75) is 57.4 Å². The van der Waals surface area contributed by atoms with Crippen molar-refractivity contribution >= 4 is 11.8 Å². The molecular weight excluding hydrogens is 230 g/mol. The number of hydrogen-bond acceptors (Lipinski definition) is 3. The summed E-state index contributed by atoms with van der Waals surface area (Å²) >= 11 is 0. The second-order valence-electron chi connectivity index (χ2n) is 4.89. The standard InChI is InChI=1S/C13H25N3O2/c14-9-3-1-2-5-12(17)15-10-4-6-13(18)16-11-7-8-11/h11H,1-10,14H2,(H,15,17)(H,16,18). The Bertz CT molecular complexity index is 265. The number of nitrogens with one attached hydrogen (secondary N) is 2. The molecule has 1 saturated carbocycles. The molecule has 0 atom stereocenters. The molecule has 0 radical (unpaired) electrons. The predicted octanol–water partition coefficient (Wildman–Crippen LogP) is 0.681. The quantitative estimate of drug-likeness (QED) is 0.502. The van der Waals surface area contributed by atoms with E-state index in [-0.39, 0.29) is 11.8 Å². The van der Waals surface area contributed by atoms with Crippen molar-refractivity contribution in [1.29, 1.82) is 0 Å². The second kappa shape index (κ2) is 8.91. The summed E-state index contributed by atoms with van der Waals surface area (Å²) in [7, 11) is 0. The molecule has 0 aromatic rings. The minimum absolute atomic E-state index is 0.0784. The maximum atomic E-state index is 11.4. The summed E-state index contributed by atoms with van der Waals surface area (Å²) in [6.07, 6.45) is 6.90. The Kier molecular flexibility index (Phi) is 7.41. The fraction of sp³-hybridized carbons (Fsp3) is 0.846. The van der Waals surface area contributed by atoms with E-state index in [0.29, 0.717) is 38.4 Å². The first-order chi connectivity index (χ1) is 8.72. The van der Waals surface area contributed by atoms with Gasteiger partial charge in [0, 0.05) is 25.4 Å². The molecule has 0 aliphatic heterocycles. The molecule has 1 rings (SSSR count). The molecule has 5 nitrogen and oxygen atoms in total. The Morgan fingerprint density at radius 2 is 1.72 bits per heavy atom. The van der Waals surface area contributed by atoms with Gasteiger partial charge < -0.3 is 16.4 Å². The van der Waals surface area contributed by atoms with Crippen LogP contribution in [0.1, 0.15) is 51.4 Å². The number of unbranched alkanes of at least 4 members (excludes halogenated alkanes) is 2. The van der Waals surface area contributed by atoms with Gasteiger partial charge in [-0.2, -0.15) is 0 Å². The molecule has 104 valence electrons. The van der Waals surface area contributed by atoms with Crippen molar-refractivity contribution in [3.63, 3.8) is 0 Å². The van der Waals surface area contributed by atoms with Gasteiger partial charge in [-0.15, -0.1) is 0 Å². The highest BCUT2D eigenvalue weighted by Gasteiger charge is 2.22. The SMILES string of the molecule is NCCCCCC(=O)NCCCC(=O)NC1CC1. The van der Waals surface area contributed by atoms with Crippen LogP contribution in [0.2, 0.25) is 0 Å². The largest absolute Gasteiger partial charge is 0.356 e. The molecule has 0 heterocycles. The summed E-state index contributed by atoms with van der Waals surface area (Å²) in [6, 6.07) is 0.426. The van der Waals surface area contributed by atoms with Crippen LogP contribution in [0.25, 0.3) is 0 Å². The Morgan fingerprint density at radius 1 is 1.00 bits per heavy atom. The summed E-state index contributed by atoms with van der Waals surface area (Å²) < 4.78 is 0. The van der Waals surface area contributed by atoms with Gasteiger partial charge in [-0.25, -0.2) is 0 Å². The summed E-state index contributed by atoms with van der Waals surface area (Å²) in [5.41, 5.74) is 5.37. The smallest absolute Gasteiger partial charge is 0.220 e. The van der Waals surface area contributed by atoms with Crippen LogP contribution in [0.5, 0.6) is 0 Å². The molecule has 1 aliphatic carbocycles. The summed E-state index contributed by atoms with van der Waals surface area (Å²) in [5, 5.41) is 5.76. The van der Waals surface area contributed by atoms with Crippen LogP contribution in [0, 0.1) is 0 Å². The lowest BCUT2D eigenvalue weighted by atomic mass is 10.2. The zero-order chi connectivity index (χ0) is 13.2. The van der Waals surface area contributed by atoms with Gasteiger partial charge in [0.25, 0.3) is 0 Å². The van der Waals surface area contributed by atoms with Crippen molar-refractivity contribution in [2.75, 3.05) is 13.1 Å². The van der Waals surface area contributed by atoms with E-state index >= 15 is 0 Å². The van der Waals surface area contributed by atoms with E-state index in [1.54, 1.807) is 0 Å². The summed E-state index contributed by atoms with van der Waals surface area (Å²) in [6.45, 7) is 1.28. The van der Waals surface area contributed by atoms with E-state index in [2.05, 4.69) is 10.6 Å². The summed E-state index contributed by atoms with van der Waals surface area (Å²) in [4.78, 5) is 22.7. The van der Waals surface area contributed by atoms with Gasteiger partial charge in [0.2, 0.25) is 11.8 Å². The fourth-order valence-corrected chi connectivity index (χ4v) is 1.70. The third-order valence-electron chi connectivity index (χ3n) is 2.95. The van der Waals surface area contributed by atoms with E-state index in [9.17, 15) is 9.59 Å². The van der Waals surface area contributed by atoms with Crippen LogP contribution in [-0.4, -0.2) is 30.9 Å². The van der Waals surface area contributed by atoms with Gasteiger partial charge in [-0.1, -0.05) is 6.42 Å². The summed E-state index contributed by atoms with van der Waals surface area (Å²) in [5.74, 6) is 0.185. The Labute approximate surface area is 109 Å². The number of nitrogens with two attached hydrogens (primary N) is 1. The van der Waals surface area contributed by atoms with Crippen molar-refractivity contribution < 1.29 is 9.59 Å². The van der Waals surface area contributed by atoms with E-state index in [1.165, 1.54) is 0 Å². The highest BCUT2D eigenvalue weighted by molar-refractivity contribution is 5.77. The predicted molar refractivity (Wildman–Crippen MR) is 70.9 cm³/mol. The topological polar surface area (TPSA) is 84.2 Å². The maximum absolute atomic E-state index is 11.4. The Balaban J connectivity index is 1.86. The molecule has 4 N–H and O–H groups in total. The molecule has 2 amide bonds. The average molecular weight is 255 g/mol. The first-order valence-electron chi connectivity index (χ1n) is 6.98. The molecule has 0 aromatic heterocycles. The van der Waals surface area contributed by atoms with Gasteiger partial charge in [0.1, 0.15) is 0 Å². The number of carbonyl (C=O) groups excluding carboxylic acids is 2. The molecule has 1 fully saturated rings. The molecule has 0 aromatic carbocycles. The second-order valence-corrected chi connectivity index (χ2v) is 4.89. The zero-order valence-electron chi connectivity index (χ0n) is 11.0. The highest BCUT2D eigenvalue weighted by Crippen LogP contribution is 2.18. The van der Waals surface area contributed by atoms with Crippen LogP contribution >= 0.6 is 0 Å². The van der Waals surface area contributed by atoms with Gasteiger partial charge >= 0.3 is 0 Å². The van der Waals surface area contributed by atoms with E-state index < -0.39 is 0 Å². The van der Waals surface area contributed by atoms with Gasteiger partial charge in [0.05, 0.1) is 0 Å². The lowest BCUT2D eigenvalue weighted by Crippen LogP contribution is -2.28. The van der Waals surface area contributed by atoms with Gasteiger partial charge in [0.15, 0.2) is 0 Å². The first kappa shape index (κ1) is 15.0. The molecular formula is C13H25N3O2. The molecule has 1 aliphatic rings. The lowest BCUT2D eigenvalue weighted by Gasteiger charge is -2.05. The monoisotopic (exact) mass is 255 g/mol. The van der Waals surface area contributed by atoms with Crippen LogP contribution in [0.4, 0.5) is 0 Å². The van der Waals surface area contributed by atoms with Crippen molar-refractivity contribution in [3.05, 3.63) is 0 Å². The average Bonchev–Trinajstić information content (AvgIpc) is 3.14. The minimum atomic E-state index is 0.0784. The zero-order valence-corrected chi connectivity index (χ0v) is 11.0. The highest BCUT2D eigenvalue weighted by atomic mass is 16.2. The molecule has 0 unspecified atom stereocenters. The van der Waals surface area contributed by atoms with Crippen LogP contribution in [-0.2, 0) is 9.59 Å². The van der Waals surface area contributed by atoms with Crippen molar-refractivity contribution in [1.82, 2.24) is 10.6 Å². The van der Waals surface area contributed by atoms with E-state index in [1.807, 2.05) is 0 Å². The number of rotatable bonds is 10. The minimum Gasteiger partial charge on any atom is -0.356 e. The lowest BCUT2D eigenvalue weighted by molar-refractivity contribution is -0.123. The molecule has 0 bridgehead atoms. The van der Waals surface area contributed by atoms with Crippen LogP contribution in [0.15, 0.2) is 0 Å². The molecule has 0 spiro atoms. The van der Waals surface area contributed by atoms with Crippen molar-refractivity contribution in [2.24, 2.45) is 5.73 Å². The molecule has 0 saturated heterocycles. The Morgan fingerprint density at radius 3 is 2.39 bits per heavy atom.